The van der Waals surface area contributed by atoms with E-state index in [0.717, 1.165) is 16.3 Å². The van der Waals surface area contributed by atoms with Gasteiger partial charge in [0.05, 0.1) is 10.6 Å². The largest absolute Gasteiger partial charge is 0.352 e. The van der Waals surface area contributed by atoms with E-state index in [9.17, 15) is 18.0 Å². The first-order valence-electron chi connectivity index (χ1n) is 13.2. The summed E-state index contributed by atoms with van der Waals surface area (Å²) in [5, 5.41) is 3.72. The number of sulfonamides is 1. The number of amides is 2. The highest BCUT2D eigenvalue weighted by atomic mass is 35.5. The number of benzene rings is 3. The molecule has 2 amide bonds. The maximum Gasteiger partial charge on any atom is 0.264 e. The fourth-order valence-corrected chi connectivity index (χ4v) is 5.95. The van der Waals surface area contributed by atoms with E-state index in [2.05, 4.69) is 5.32 Å². The van der Waals surface area contributed by atoms with Crippen LogP contribution in [0.3, 0.4) is 0 Å². The average molecular weight is 605 g/mol. The van der Waals surface area contributed by atoms with E-state index in [1.165, 1.54) is 23.1 Å². The van der Waals surface area contributed by atoms with Gasteiger partial charge >= 0.3 is 0 Å². The van der Waals surface area contributed by atoms with Crippen LogP contribution < -0.4 is 9.62 Å². The smallest absolute Gasteiger partial charge is 0.264 e. The highest BCUT2D eigenvalue weighted by Crippen LogP contribution is 2.28. The SMILES string of the molecule is CC[C@@H](C)NC(=O)[C@@H](CC)N(Cc1ccccc1Cl)C(=O)CN(c1cccc(Cl)c1)S(=O)(=O)c1ccc(C)cc1. The Morgan fingerprint density at radius 3 is 2.20 bits per heavy atom. The van der Waals surface area contributed by atoms with Gasteiger partial charge in [0.2, 0.25) is 11.8 Å². The molecule has 0 aromatic heterocycles. The van der Waals surface area contributed by atoms with Crippen LogP contribution in [0.1, 0.15) is 44.7 Å². The number of anilines is 1. The molecule has 3 aromatic carbocycles. The lowest BCUT2D eigenvalue weighted by Gasteiger charge is -2.34. The van der Waals surface area contributed by atoms with E-state index in [1.807, 2.05) is 27.7 Å². The molecule has 0 bridgehead atoms. The number of carbonyl (C=O) groups is 2. The highest BCUT2D eigenvalue weighted by Gasteiger charge is 2.34. The third-order valence-corrected chi connectivity index (χ3v) is 9.06. The van der Waals surface area contributed by atoms with Crippen LogP contribution in [0.2, 0.25) is 10.0 Å². The van der Waals surface area contributed by atoms with Gasteiger partial charge in [-0.05, 0) is 68.7 Å². The lowest BCUT2D eigenvalue weighted by atomic mass is 10.1. The second-order valence-electron chi connectivity index (χ2n) is 9.66. The molecule has 214 valence electrons. The molecule has 0 unspecified atom stereocenters. The van der Waals surface area contributed by atoms with Crippen LogP contribution in [-0.2, 0) is 26.2 Å². The normalized spacial score (nSPS) is 12.8. The Balaban J connectivity index is 2.07. The van der Waals surface area contributed by atoms with Crippen molar-refractivity contribution in [1.29, 1.82) is 0 Å². The number of halogens is 2. The zero-order valence-corrected chi connectivity index (χ0v) is 25.4. The van der Waals surface area contributed by atoms with E-state index >= 15 is 0 Å². The van der Waals surface area contributed by atoms with E-state index in [-0.39, 0.29) is 29.1 Å². The summed E-state index contributed by atoms with van der Waals surface area (Å²) in [5.74, 6) is -0.866. The molecule has 3 aromatic rings. The lowest BCUT2D eigenvalue weighted by molar-refractivity contribution is -0.140. The zero-order chi connectivity index (χ0) is 29.4. The summed E-state index contributed by atoms with van der Waals surface area (Å²) in [6.07, 6.45) is 1.04. The van der Waals surface area contributed by atoms with Crippen molar-refractivity contribution in [2.75, 3.05) is 10.8 Å². The summed E-state index contributed by atoms with van der Waals surface area (Å²) in [4.78, 5) is 28.8. The summed E-state index contributed by atoms with van der Waals surface area (Å²) in [6.45, 7) is 6.99. The van der Waals surface area contributed by atoms with E-state index < -0.39 is 28.5 Å². The Morgan fingerprint density at radius 2 is 1.60 bits per heavy atom. The minimum absolute atomic E-state index is 0.0267. The van der Waals surface area contributed by atoms with Crippen LogP contribution >= 0.6 is 23.2 Å². The lowest BCUT2D eigenvalue weighted by Crippen LogP contribution is -2.53. The molecular weight excluding hydrogens is 569 g/mol. The molecule has 1 N–H and O–H groups in total. The number of carbonyl (C=O) groups excluding carboxylic acids is 2. The van der Waals surface area contributed by atoms with Gasteiger partial charge in [0, 0.05) is 22.6 Å². The quantitative estimate of drug-likeness (QED) is 0.266. The minimum Gasteiger partial charge on any atom is -0.352 e. The first-order valence-corrected chi connectivity index (χ1v) is 15.4. The first kappa shape index (κ1) is 31.5. The molecule has 0 heterocycles. The summed E-state index contributed by atoms with van der Waals surface area (Å²) in [7, 11) is -4.17. The molecule has 0 saturated heterocycles. The topological polar surface area (TPSA) is 86.8 Å². The number of nitrogens with zero attached hydrogens (tertiary/aromatic N) is 2. The van der Waals surface area contributed by atoms with Crippen molar-refractivity contribution in [3.05, 3.63) is 94.0 Å². The molecule has 0 aliphatic rings. The molecule has 40 heavy (non-hydrogen) atoms. The second kappa shape index (κ2) is 14.0. The van der Waals surface area contributed by atoms with Crippen LogP contribution in [-0.4, -0.2) is 43.8 Å². The molecule has 0 radical (unpaired) electrons. The van der Waals surface area contributed by atoms with Crippen LogP contribution in [0.4, 0.5) is 5.69 Å². The Morgan fingerprint density at radius 1 is 0.925 bits per heavy atom. The molecule has 7 nitrogen and oxygen atoms in total. The Labute approximate surface area is 247 Å². The summed E-state index contributed by atoms with van der Waals surface area (Å²) >= 11 is 12.7. The van der Waals surface area contributed by atoms with Gasteiger partial charge in [0.1, 0.15) is 12.6 Å². The monoisotopic (exact) mass is 603 g/mol. The molecular formula is C30H35Cl2N3O4S. The third-order valence-electron chi connectivity index (χ3n) is 6.67. The summed E-state index contributed by atoms with van der Waals surface area (Å²) < 4.78 is 28.8. The number of nitrogens with one attached hydrogen (secondary N) is 1. The van der Waals surface area contributed by atoms with Gasteiger partial charge in [-0.25, -0.2) is 8.42 Å². The van der Waals surface area contributed by atoms with Gasteiger partial charge in [0.15, 0.2) is 0 Å². The van der Waals surface area contributed by atoms with Gasteiger partial charge in [-0.15, -0.1) is 0 Å². The van der Waals surface area contributed by atoms with Gasteiger partial charge in [-0.1, -0.05) is 79.0 Å². The van der Waals surface area contributed by atoms with Crippen molar-refractivity contribution < 1.29 is 18.0 Å². The maximum absolute atomic E-state index is 14.1. The van der Waals surface area contributed by atoms with Crippen molar-refractivity contribution in [1.82, 2.24) is 10.2 Å². The first-order chi connectivity index (χ1) is 19.0. The highest BCUT2D eigenvalue weighted by molar-refractivity contribution is 7.92. The zero-order valence-electron chi connectivity index (χ0n) is 23.1. The fourth-order valence-electron chi connectivity index (χ4n) is 4.17. The number of hydrogen-bond donors (Lipinski definition) is 1. The Bertz CT molecular complexity index is 1430. The van der Waals surface area contributed by atoms with E-state index in [4.69, 9.17) is 23.2 Å². The maximum atomic E-state index is 14.1. The number of hydrogen-bond acceptors (Lipinski definition) is 4. The average Bonchev–Trinajstić information content (AvgIpc) is 2.92. The Hall–Kier alpha value is -3.07. The van der Waals surface area contributed by atoms with Gasteiger partial charge < -0.3 is 10.2 Å². The van der Waals surface area contributed by atoms with Gasteiger partial charge in [0.25, 0.3) is 10.0 Å². The van der Waals surface area contributed by atoms with Crippen molar-refractivity contribution in [2.45, 2.75) is 64.1 Å². The second-order valence-corrected chi connectivity index (χ2v) is 12.4. The van der Waals surface area contributed by atoms with Crippen molar-refractivity contribution in [2.24, 2.45) is 0 Å². The predicted octanol–water partition coefficient (Wildman–Crippen LogP) is 6.22. The summed E-state index contributed by atoms with van der Waals surface area (Å²) in [5.41, 5.74) is 1.77. The van der Waals surface area contributed by atoms with Crippen LogP contribution in [0.15, 0.2) is 77.7 Å². The van der Waals surface area contributed by atoms with Gasteiger partial charge in [-0.2, -0.15) is 0 Å². The molecule has 10 heteroatoms. The molecule has 0 aliphatic carbocycles. The van der Waals surface area contributed by atoms with Crippen LogP contribution in [0.5, 0.6) is 0 Å². The van der Waals surface area contributed by atoms with E-state index in [0.29, 0.717) is 22.0 Å². The Kier molecular flexibility index (Phi) is 11.0. The van der Waals surface area contributed by atoms with Gasteiger partial charge in [-0.3, -0.25) is 13.9 Å². The molecule has 0 fully saturated rings. The third kappa shape index (κ3) is 7.77. The molecule has 0 spiro atoms. The summed E-state index contributed by atoms with van der Waals surface area (Å²) in [6, 6.07) is 18.8. The number of aryl methyl sites for hydroxylation is 1. The standard InChI is InChI=1S/C30H35Cl2N3O4S/c1-5-22(4)33-30(37)28(6-2)34(19-23-10-7-8-13-27(23)32)29(36)20-35(25-12-9-11-24(31)18-25)40(38,39)26-16-14-21(3)15-17-26/h7-18,22,28H,5-6,19-20H2,1-4H3,(H,33,37)/t22-,28-/m1/s1. The van der Waals surface area contributed by atoms with Crippen LogP contribution in [0.25, 0.3) is 0 Å². The molecule has 0 saturated carbocycles. The van der Waals surface area contributed by atoms with E-state index in [1.54, 1.807) is 54.6 Å². The predicted molar refractivity (Wildman–Crippen MR) is 161 cm³/mol. The minimum atomic E-state index is -4.17. The van der Waals surface area contributed by atoms with Crippen LogP contribution in [0, 0.1) is 6.92 Å². The number of rotatable bonds is 12. The fraction of sp³-hybridized carbons (Fsp3) is 0.333. The molecule has 3 rings (SSSR count). The van der Waals surface area contributed by atoms with Crippen molar-refractivity contribution in [3.63, 3.8) is 0 Å². The van der Waals surface area contributed by atoms with Crippen molar-refractivity contribution in [3.8, 4) is 0 Å². The van der Waals surface area contributed by atoms with Crippen molar-refractivity contribution >= 4 is 50.7 Å². The molecule has 2 atom stereocenters. The molecule has 0 aliphatic heterocycles.